The molecule has 0 aromatic carbocycles. The Morgan fingerprint density at radius 3 is 2.69 bits per heavy atom. The molecule has 1 atom stereocenters. The second kappa shape index (κ2) is 5.45. The molecule has 6 heteroatoms. The molecule has 0 saturated carbocycles. The second-order valence-electron chi connectivity index (χ2n) is 4.56. The lowest BCUT2D eigenvalue weighted by molar-refractivity contribution is -0.137. The predicted molar refractivity (Wildman–Crippen MR) is 62.6 cm³/mol. The van der Waals surface area contributed by atoms with Gasteiger partial charge in [-0.25, -0.2) is 4.79 Å². The SMILES string of the molecule is CCOC(=O)C1=NOC(O[Si](C)(C)C)CC1. The van der Waals surface area contributed by atoms with Crippen molar-refractivity contribution in [2.45, 2.75) is 45.7 Å². The molecule has 0 aliphatic carbocycles. The zero-order chi connectivity index (χ0) is 12.2. The standard InChI is InChI=1S/C10H19NO4Si/c1-5-13-10(12)8-6-7-9(14-11-8)15-16(2,3)4/h9H,5-7H2,1-4H3. The lowest BCUT2D eigenvalue weighted by Crippen LogP contribution is -2.36. The summed E-state index contributed by atoms with van der Waals surface area (Å²) < 4.78 is 10.6. The normalized spacial score (nSPS) is 21.0. The largest absolute Gasteiger partial charge is 0.461 e. The summed E-state index contributed by atoms with van der Waals surface area (Å²) in [5.41, 5.74) is 0.345. The number of oxime groups is 1. The van der Waals surface area contributed by atoms with Gasteiger partial charge in [0, 0.05) is 12.8 Å². The maximum atomic E-state index is 11.3. The lowest BCUT2D eigenvalue weighted by atomic mass is 10.2. The topological polar surface area (TPSA) is 57.1 Å². The van der Waals surface area contributed by atoms with Gasteiger partial charge in [0.2, 0.25) is 6.29 Å². The molecule has 0 spiro atoms. The van der Waals surface area contributed by atoms with Crippen LogP contribution in [-0.4, -0.2) is 32.9 Å². The molecule has 1 heterocycles. The Labute approximate surface area is 96.9 Å². The highest BCUT2D eigenvalue weighted by molar-refractivity contribution is 6.69. The summed E-state index contributed by atoms with van der Waals surface area (Å²) in [6.07, 6.45) is 0.889. The molecular formula is C10H19NO4Si. The maximum Gasteiger partial charge on any atom is 0.356 e. The highest BCUT2D eigenvalue weighted by Crippen LogP contribution is 2.17. The van der Waals surface area contributed by atoms with Gasteiger partial charge in [-0.3, -0.25) is 0 Å². The van der Waals surface area contributed by atoms with E-state index in [1.54, 1.807) is 6.92 Å². The average molecular weight is 245 g/mol. The molecule has 0 aromatic heterocycles. The number of nitrogens with zero attached hydrogens (tertiary/aromatic N) is 1. The van der Waals surface area contributed by atoms with Crippen LogP contribution in [0.2, 0.25) is 19.6 Å². The molecule has 16 heavy (non-hydrogen) atoms. The van der Waals surface area contributed by atoms with Gasteiger partial charge >= 0.3 is 5.97 Å². The van der Waals surface area contributed by atoms with Crippen molar-refractivity contribution in [3.8, 4) is 0 Å². The number of rotatable bonds is 4. The van der Waals surface area contributed by atoms with Crippen molar-refractivity contribution in [1.29, 1.82) is 0 Å². The Morgan fingerprint density at radius 2 is 2.25 bits per heavy atom. The first kappa shape index (κ1) is 13.2. The van der Waals surface area contributed by atoms with E-state index >= 15 is 0 Å². The van der Waals surface area contributed by atoms with E-state index in [9.17, 15) is 4.79 Å². The quantitative estimate of drug-likeness (QED) is 0.560. The maximum absolute atomic E-state index is 11.3. The molecule has 92 valence electrons. The van der Waals surface area contributed by atoms with Crippen molar-refractivity contribution in [3.63, 3.8) is 0 Å². The average Bonchev–Trinajstić information content (AvgIpc) is 2.16. The van der Waals surface area contributed by atoms with Crippen LogP contribution in [0.25, 0.3) is 0 Å². The lowest BCUT2D eigenvalue weighted by Gasteiger charge is -2.26. The minimum Gasteiger partial charge on any atom is -0.461 e. The highest BCUT2D eigenvalue weighted by Gasteiger charge is 2.27. The molecule has 0 fully saturated rings. The summed E-state index contributed by atoms with van der Waals surface area (Å²) in [4.78, 5) is 16.5. The minimum atomic E-state index is -1.62. The number of hydrogen-bond donors (Lipinski definition) is 0. The van der Waals surface area contributed by atoms with Crippen molar-refractivity contribution >= 4 is 20.0 Å². The van der Waals surface area contributed by atoms with Crippen LogP contribution in [0.1, 0.15) is 19.8 Å². The molecule has 1 aliphatic heterocycles. The van der Waals surface area contributed by atoms with Crippen LogP contribution in [0, 0.1) is 0 Å². The molecule has 1 unspecified atom stereocenters. The Hall–Kier alpha value is -0.883. The molecular weight excluding hydrogens is 226 g/mol. The van der Waals surface area contributed by atoms with Crippen molar-refractivity contribution < 1.29 is 18.8 Å². The fraction of sp³-hybridized carbons (Fsp3) is 0.800. The van der Waals surface area contributed by atoms with Crippen molar-refractivity contribution in [3.05, 3.63) is 0 Å². The highest BCUT2D eigenvalue weighted by atomic mass is 28.4. The van der Waals surface area contributed by atoms with Gasteiger partial charge in [0.05, 0.1) is 6.61 Å². The Kier molecular flexibility index (Phi) is 4.49. The first-order chi connectivity index (χ1) is 7.42. The third-order valence-electron chi connectivity index (χ3n) is 1.89. The zero-order valence-corrected chi connectivity index (χ0v) is 11.3. The number of carbonyl (C=O) groups excluding carboxylic acids is 1. The van der Waals surface area contributed by atoms with E-state index in [-0.39, 0.29) is 6.29 Å². The Bertz CT molecular complexity index is 285. The molecule has 1 aliphatic rings. The van der Waals surface area contributed by atoms with Gasteiger partial charge < -0.3 is 14.0 Å². The minimum absolute atomic E-state index is 0.315. The molecule has 5 nitrogen and oxygen atoms in total. The van der Waals surface area contributed by atoms with E-state index in [1.807, 2.05) is 0 Å². The van der Waals surface area contributed by atoms with Crippen LogP contribution in [0.3, 0.4) is 0 Å². The van der Waals surface area contributed by atoms with Crippen LogP contribution in [-0.2, 0) is 18.8 Å². The Morgan fingerprint density at radius 1 is 1.56 bits per heavy atom. The summed E-state index contributed by atoms with van der Waals surface area (Å²) in [6.45, 7) is 8.37. The number of carbonyl (C=O) groups is 1. The first-order valence-electron chi connectivity index (χ1n) is 5.50. The van der Waals surface area contributed by atoms with Gasteiger partial charge in [-0.15, -0.1) is 0 Å². The van der Waals surface area contributed by atoms with Crippen LogP contribution < -0.4 is 0 Å². The molecule has 0 N–H and O–H groups in total. The first-order valence-corrected chi connectivity index (χ1v) is 8.91. The van der Waals surface area contributed by atoms with E-state index in [4.69, 9.17) is 14.0 Å². The predicted octanol–water partition coefficient (Wildman–Crippen LogP) is 1.89. The summed E-state index contributed by atoms with van der Waals surface area (Å²) >= 11 is 0. The van der Waals surface area contributed by atoms with Crippen LogP contribution in [0.5, 0.6) is 0 Å². The zero-order valence-electron chi connectivity index (χ0n) is 10.3. The molecule has 0 bridgehead atoms. The number of ether oxygens (including phenoxy) is 1. The van der Waals surface area contributed by atoms with Crippen LogP contribution in [0.15, 0.2) is 5.16 Å². The van der Waals surface area contributed by atoms with Crippen molar-refractivity contribution in [1.82, 2.24) is 0 Å². The third-order valence-corrected chi connectivity index (χ3v) is 2.86. The second-order valence-corrected chi connectivity index (χ2v) is 9.02. The summed E-state index contributed by atoms with van der Waals surface area (Å²) in [7, 11) is -1.62. The summed E-state index contributed by atoms with van der Waals surface area (Å²) in [5, 5.41) is 3.75. The van der Waals surface area contributed by atoms with Gasteiger partial charge in [0.15, 0.2) is 14.0 Å². The monoisotopic (exact) mass is 245 g/mol. The van der Waals surface area contributed by atoms with Gasteiger partial charge in [-0.2, -0.15) is 0 Å². The third kappa shape index (κ3) is 4.32. The van der Waals surface area contributed by atoms with E-state index in [2.05, 4.69) is 24.8 Å². The van der Waals surface area contributed by atoms with E-state index < -0.39 is 14.3 Å². The molecule has 0 saturated heterocycles. The van der Waals surface area contributed by atoms with Crippen molar-refractivity contribution in [2.75, 3.05) is 6.61 Å². The fourth-order valence-corrected chi connectivity index (χ4v) is 2.25. The molecule has 0 amide bonds. The fourth-order valence-electron chi connectivity index (χ4n) is 1.30. The van der Waals surface area contributed by atoms with E-state index in [0.717, 1.165) is 0 Å². The molecule has 0 radical (unpaired) electrons. The Balaban J connectivity index is 2.45. The van der Waals surface area contributed by atoms with Gasteiger partial charge in [0.25, 0.3) is 0 Å². The van der Waals surface area contributed by atoms with Gasteiger partial charge in [-0.05, 0) is 26.6 Å². The van der Waals surface area contributed by atoms with Gasteiger partial charge in [-0.1, -0.05) is 5.16 Å². The molecule has 0 aromatic rings. The van der Waals surface area contributed by atoms with E-state index in [1.165, 1.54) is 0 Å². The van der Waals surface area contributed by atoms with Gasteiger partial charge in [0.1, 0.15) is 0 Å². The summed E-state index contributed by atoms with van der Waals surface area (Å²) in [5.74, 6) is -0.394. The number of esters is 1. The summed E-state index contributed by atoms with van der Waals surface area (Å²) in [6, 6.07) is 0. The smallest absolute Gasteiger partial charge is 0.356 e. The number of hydrogen-bond acceptors (Lipinski definition) is 5. The van der Waals surface area contributed by atoms with E-state index in [0.29, 0.717) is 25.2 Å². The van der Waals surface area contributed by atoms with Crippen molar-refractivity contribution in [2.24, 2.45) is 5.16 Å². The van der Waals surface area contributed by atoms with Crippen LogP contribution in [0.4, 0.5) is 0 Å². The van der Waals surface area contributed by atoms with Crippen LogP contribution >= 0.6 is 0 Å². The molecule has 1 rings (SSSR count).